The van der Waals surface area contributed by atoms with E-state index in [-0.39, 0.29) is 5.91 Å². The standard InChI is InChI=1S/C20H18N2OS2/c1-21-19(23)18(25-20(21)24)12-15-7-8-17-16(11-15)9-10-22(17)13-14-5-3-2-4-6-14/h2-8,11-12H,9-10,13H2,1H3. The van der Waals surface area contributed by atoms with Crippen molar-refractivity contribution >= 4 is 46.0 Å². The molecule has 0 unspecified atom stereocenters. The number of hydrogen-bond donors (Lipinski definition) is 0. The fourth-order valence-corrected chi connectivity index (χ4v) is 4.42. The first-order valence-electron chi connectivity index (χ1n) is 8.25. The maximum Gasteiger partial charge on any atom is 0.265 e. The van der Waals surface area contributed by atoms with Gasteiger partial charge >= 0.3 is 0 Å². The predicted octanol–water partition coefficient (Wildman–Crippen LogP) is 4.08. The Hall–Kier alpha value is -2.11. The molecule has 1 fully saturated rings. The first-order chi connectivity index (χ1) is 12.1. The number of carbonyl (C=O) groups excluding carboxylic acids is 1. The molecule has 0 saturated carbocycles. The maximum atomic E-state index is 12.2. The van der Waals surface area contributed by atoms with Crippen LogP contribution >= 0.6 is 24.0 Å². The average molecular weight is 367 g/mol. The summed E-state index contributed by atoms with van der Waals surface area (Å²) in [5, 5.41) is 0. The maximum absolute atomic E-state index is 12.2. The van der Waals surface area contributed by atoms with E-state index < -0.39 is 0 Å². The van der Waals surface area contributed by atoms with Crippen molar-refractivity contribution in [3.8, 4) is 0 Å². The zero-order valence-corrected chi connectivity index (χ0v) is 15.6. The van der Waals surface area contributed by atoms with Gasteiger partial charge in [-0.25, -0.2) is 0 Å². The van der Waals surface area contributed by atoms with Crippen LogP contribution in [0.5, 0.6) is 0 Å². The first kappa shape index (κ1) is 16.4. The van der Waals surface area contributed by atoms with E-state index >= 15 is 0 Å². The summed E-state index contributed by atoms with van der Waals surface area (Å²) in [6, 6.07) is 17.0. The van der Waals surface area contributed by atoms with Crippen LogP contribution in [0.15, 0.2) is 53.4 Å². The number of nitrogens with zero attached hydrogens (tertiary/aromatic N) is 2. The molecule has 2 aliphatic rings. The fourth-order valence-electron chi connectivity index (χ4n) is 3.24. The van der Waals surface area contributed by atoms with Crippen molar-refractivity contribution in [1.82, 2.24) is 4.90 Å². The zero-order valence-electron chi connectivity index (χ0n) is 13.9. The Morgan fingerprint density at radius 2 is 2.00 bits per heavy atom. The molecule has 0 aromatic heterocycles. The van der Waals surface area contributed by atoms with Gasteiger partial charge in [0, 0.05) is 25.8 Å². The summed E-state index contributed by atoms with van der Waals surface area (Å²) in [6.45, 7) is 1.96. The number of fused-ring (bicyclic) bond motifs is 1. The van der Waals surface area contributed by atoms with E-state index in [9.17, 15) is 4.79 Å². The number of carbonyl (C=O) groups is 1. The summed E-state index contributed by atoms with van der Waals surface area (Å²) in [5.41, 5.74) is 5.03. The number of anilines is 1. The highest BCUT2D eigenvalue weighted by Gasteiger charge is 2.28. The number of likely N-dealkylation sites (N-methyl/N-ethyl adjacent to an activating group) is 1. The summed E-state index contributed by atoms with van der Waals surface area (Å²) >= 11 is 6.56. The summed E-state index contributed by atoms with van der Waals surface area (Å²) in [4.78, 5) is 16.8. The van der Waals surface area contributed by atoms with Crippen molar-refractivity contribution in [3.05, 3.63) is 70.1 Å². The number of thiocarbonyl (C=S) groups is 1. The summed E-state index contributed by atoms with van der Waals surface area (Å²) < 4.78 is 0.617. The highest BCUT2D eigenvalue weighted by molar-refractivity contribution is 8.26. The molecule has 1 saturated heterocycles. The zero-order chi connectivity index (χ0) is 17.4. The molecule has 4 rings (SSSR count). The van der Waals surface area contributed by atoms with Crippen LogP contribution < -0.4 is 4.90 Å². The highest BCUT2D eigenvalue weighted by atomic mass is 32.2. The topological polar surface area (TPSA) is 23.6 Å². The first-order valence-corrected chi connectivity index (χ1v) is 9.47. The summed E-state index contributed by atoms with van der Waals surface area (Å²) in [7, 11) is 1.72. The third kappa shape index (κ3) is 3.22. The van der Waals surface area contributed by atoms with Crippen LogP contribution in [-0.4, -0.2) is 28.7 Å². The fraction of sp³-hybridized carbons (Fsp3) is 0.200. The molecule has 0 atom stereocenters. The van der Waals surface area contributed by atoms with Gasteiger partial charge in [0.15, 0.2) is 0 Å². The Bertz CT molecular complexity index is 877. The predicted molar refractivity (Wildman–Crippen MR) is 109 cm³/mol. The Kier molecular flexibility index (Phi) is 4.36. The van der Waals surface area contributed by atoms with Crippen LogP contribution in [0.25, 0.3) is 6.08 Å². The lowest BCUT2D eigenvalue weighted by Gasteiger charge is -2.19. The molecule has 2 aromatic carbocycles. The second-order valence-electron chi connectivity index (χ2n) is 6.29. The smallest absolute Gasteiger partial charge is 0.265 e. The van der Waals surface area contributed by atoms with Crippen molar-refractivity contribution in [2.24, 2.45) is 0 Å². The highest BCUT2D eigenvalue weighted by Crippen LogP contribution is 2.34. The van der Waals surface area contributed by atoms with E-state index in [2.05, 4.69) is 47.4 Å². The van der Waals surface area contributed by atoms with E-state index in [1.165, 1.54) is 33.5 Å². The molecule has 1 amide bonds. The molecular weight excluding hydrogens is 348 g/mol. The van der Waals surface area contributed by atoms with Gasteiger partial charge in [-0.15, -0.1) is 0 Å². The normalized spacial score (nSPS) is 18.4. The molecule has 25 heavy (non-hydrogen) atoms. The minimum absolute atomic E-state index is 0.0128. The number of amides is 1. The Balaban J connectivity index is 1.56. The summed E-state index contributed by atoms with van der Waals surface area (Å²) in [6.07, 6.45) is 2.99. The molecule has 0 aliphatic carbocycles. The van der Waals surface area contributed by atoms with Gasteiger partial charge < -0.3 is 4.90 Å². The van der Waals surface area contributed by atoms with Crippen molar-refractivity contribution in [3.63, 3.8) is 0 Å². The molecule has 0 spiro atoms. The van der Waals surface area contributed by atoms with Crippen molar-refractivity contribution < 1.29 is 4.79 Å². The largest absolute Gasteiger partial charge is 0.367 e. The van der Waals surface area contributed by atoms with Gasteiger partial charge in [-0.1, -0.05) is 60.4 Å². The van der Waals surface area contributed by atoms with E-state index in [0.29, 0.717) is 9.23 Å². The number of benzene rings is 2. The monoisotopic (exact) mass is 366 g/mol. The van der Waals surface area contributed by atoms with Gasteiger partial charge in [-0.05, 0) is 41.3 Å². The lowest BCUT2D eigenvalue weighted by atomic mass is 10.1. The molecule has 0 N–H and O–H groups in total. The van der Waals surface area contributed by atoms with Crippen LogP contribution in [0, 0.1) is 0 Å². The lowest BCUT2D eigenvalue weighted by molar-refractivity contribution is -0.121. The van der Waals surface area contributed by atoms with Gasteiger partial charge in [0.1, 0.15) is 4.32 Å². The van der Waals surface area contributed by atoms with E-state index in [0.717, 1.165) is 25.1 Å². The molecule has 2 heterocycles. The van der Waals surface area contributed by atoms with Crippen LogP contribution in [0.2, 0.25) is 0 Å². The number of rotatable bonds is 3. The van der Waals surface area contributed by atoms with Crippen molar-refractivity contribution in [2.45, 2.75) is 13.0 Å². The quantitative estimate of drug-likeness (QED) is 0.603. The van der Waals surface area contributed by atoms with Gasteiger partial charge in [0.25, 0.3) is 5.91 Å². The van der Waals surface area contributed by atoms with E-state index in [4.69, 9.17) is 12.2 Å². The minimum atomic E-state index is -0.0128. The summed E-state index contributed by atoms with van der Waals surface area (Å²) in [5.74, 6) is -0.0128. The Morgan fingerprint density at radius 1 is 1.20 bits per heavy atom. The SMILES string of the molecule is CN1C(=O)C(=Cc2ccc3c(c2)CCN3Cc2ccccc2)SC1=S. The second-order valence-corrected chi connectivity index (χ2v) is 7.96. The van der Waals surface area contributed by atoms with Crippen molar-refractivity contribution in [1.29, 1.82) is 0 Å². The average Bonchev–Trinajstić information content (AvgIpc) is 3.12. The van der Waals surface area contributed by atoms with Crippen molar-refractivity contribution in [2.75, 3.05) is 18.5 Å². The van der Waals surface area contributed by atoms with Crippen LogP contribution in [0.3, 0.4) is 0 Å². The van der Waals surface area contributed by atoms with Gasteiger partial charge in [0.2, 0.25) is 0 Å². The van der Waals surface area contributed by atoms with Crippen LogP contribution in [-0.2, 0) is 17.8 Å². The number of hydrogen-bond acceptors (Lipinski definition) is 4. The third-order valence-electron chi connectivity index (χ3n) is 4.60. The van der Waals surface area contributed by atoms with E-state index in [1.54, 1.807) is 7.05 Å². The molecule has 3 nitrogen and oxygen atoms in total. The molecule has 2 aliphatic heterocycles. The van der Waals surface area contributed by atoms with Gasteiger partial charge in [0.05, 0.1) is 4.91 Å². The lowest BCUT2D eigenvalue weighted by Crippen LogP contribution is -2.22. The van der Waals surface area contributed by atoms with Gasteiger partial charge in [-0.2, -0.15) is 0 Å². The molecule has 5 heteroatoms. The molecule has 126 valence electrons. The second kappa shape index (κ2) is 6.65. The third-order valence-corrected chi connectivity index (χ3v) is 6.08. The molecular formula is C20H18N2OS2. The van der Waals surface area contributed by atoms with Gasteiger partial charge in [-0.3, -0.25) is 9.69 Å². The van der Waals surface area contributed by atoms with E-state index in [1.807, 2.05) is 12.1 Å². The van der Waals surface area contributed by atoms with Crippen LogP contribution in [0.1, 0.15) is 16.7 Å². The Labute approximate surface area is 157 Å². The Morgan fingerprint density at radius 3 is 2.72 bits per heavy atom. The van der Waals surface area contributed by atoms with Crippen LogP contribution in [0.4, 0.5) is 5.69 Å². The number of thioether (sulfide) groups is 1. The minimum Gasteiger partial charge on any atom is -0.367 e. The molecule has 0 bridgehead atoms. The molecule has 0 radical (unpaired) electrons. The molecule has 2 aromatic rings.